The highest BCUT2D eigenvalue weighted by molar-refractivity contribution is 5.94. The average molecular weight is 598 g/mol. The third kappa shape index (κ3) is 13.9. The third-order valence-corrected chi connectivity index (χ3v) is 5.14. The van der Waals surface area contributed by atoms with Gasteiger partial charge < -0.3 is 30.2 Å². The molecule has 2 aromatic rings. The summed E-state index contributed by atoms with van der Waals surface area (Å²) in [7, 11) is 1.26. The predicted molar refractivity (Wildman–Crippen MR) is 149 cm³/mol. The Morgan fingerprint density at radius 1 is 0.857 bits per heavy atom. The maximum Gasteiger partial charge on any atom is 0.573 e. The fourth-order valence-electron chi connectivity index (χ4n) is 3.32. The van der Waals surface area contributed by atoms with Crippen LogP contribution in [-0.2, 0) is 25.5 Å². The normalized spacial score (nSPS) is 11.6. The highest BCUT2D eigenvalue weighted by Gasteiger charge is 2.31. The van der Waals surface area contributed by atoms with Crippen molar-refractivity contribution in [1.82, 2.24) is 16.0 Å². The summed E-state index contributed by atoms with van der Waals surface area (Å²) in [5, 5.41) is 7.74. The second-order valence-corrected chi connectivity index (χ2v) is 9.52. The Balaban J connectivity index is 0.00000431. The Morgan fingerprint density at radius 3 is 1.98 bits per heavy atom. The van der Waals surface area contributed by atoms with Gasteiger partial charge in [0, 0.05) is 18.7 Å². The number of carbonyl (C=O) groups excluding carboxylic acids is 4. The minimum atomic E-state index is -4.88. The number of halogens is 3. The average Bonchev–Trinajstić information content (AvgIpc) is 2.91. The van der Waals surface area contributed by atoms with Gasteiger partial charge in [-0.2, -0.15) is 0 Å². The number of amides is 3. The van der Waals surface area contributed by atoms with Gasteiger partial charge in [-0.3, -0.25) is 14.4 Å². The van der Waals surface area contributed by atoms with Crippen LogP contribution in [0, 0.1) is 0 Å². The molecule has 2 aromatic carbocycles. The summed E-state index contributed by atoms with van der Waals surface area (Å²) in [4.78, 5) is 48.7. The van der Waals surface area contributed by atoms with Crippen LogP contribution in [0.25, 0.3) is 0 Å². The Kier molecular flexibility index (Phi) is 14.3. The monoisotopic (exact) mass is 597 g/mol. The van der Waals surface area contributed by atoms with Crippen molar-refractivity contribution in [3.63, 3.8) is 0 Å². The molecule has 42 heavy (non-hydrogen) atoms. The number of alkyl halides is 3. The molecular formula is C29H38F3N3O7. The molecule has 2 rings (SSSR count). The lowest BCUT2D eigenvalue weighted by atomic mass is 10.1. The van der Waals surface area contributed by atoms with Crippen molar-refractivity contribution in [2.75, 3.05) is 20.2 Å². The molecule has 0 radical (unpaired) electrons. The van der Waals surface area contributed by atoms with Crippen molar-refractivity contribution in [2.45, 2.75) is 65.5 Å². The zero-order valence-electron chi connectivity index (χ0n) is 24.5. The number of rotatable bonds is 11. The molecule has 3 N–H and O–H groups in total. The molecule has 13 heteroatoms. The van der Waals surface area contributed by atoms with Gasteiger partial charge in [0.2, 0.25) is 5.91 Å². The molecule has 0 aromatic heterocycles. The van der Waals surface area contributed by atoms with Crippen LogP contribution in [0.1, 0.15) is 68.6 Å². The molecule has 0 fully saturated rings. The molecule has 0 heterocycles. The van der Waals surface area contributed by atoms with E-state index in [-0.39, 0.29) is 31.0 Å². The summed E-state index contributed by atoms with van der Waals surface area (Å²) in [5.74, 6) is -1.88. The third-order valence-electron chi connectivity index (χ3n) is 5.14. The van der Waals surface area contributed by atoms with Crippen LogP contribution in [-0.4, -0.2) is 56.0 Å². The number of benzene rings is 2. The van der Waals surface area contributed by atoms with E-state index in [2.05, 4.69) is 25.4 Å². The van der Waals surface area contributed by atoms with Crippen LogP contribution in [0.15, 0.2) is 48.5 Å². The van der Waals surface area contributed by atoms with Crippen LogP contribution in [0.3, 0.4) is 0 Å². The van der Waals surface area contributed by atoms with E-state index in [1.807, 2.05) is 13.8 Å². The molecular weight excluding hydrogens is 559 g/mol. The fourth-order valence-corrected chi connectivity index (χ4v) is 3.32. The molecule has 3 amide bonds. The first kappa shape index (κ1) is 35.7. The molecule has 0 saturated heterocycles. The molecule has 0 aliphatic carbocycles. The number of ether oxygens (including phenoxy) is 3. The number of methoxy groups -OCH3 is 1. The van der Waals surface area contributed by atoms with Gasteiger partial charge in [-0.25, -0.2) is 4.79 Å². The minimum absolute atomic E-state index is 0.0509. The van der Waals surface area contributed by atoms with Crippen molar-refractivity contribution in [3.05, 3.63) is 65.2 Å². The molecule has 0 saturated carbocycles. The van der Waals surface area contributed by atoms with E-state index >= 15 is 0 Å². The van der Waals surface area contributed by atoms with E-state index < -0.39 is 41.7 Å². The lowest BCUT2D eigenvalue weighted by molar-refractivity contribution is -0.274. The zero-order valence-corrected chi connectivity index (χ0v) is 24.5. The number of carbonyl (C=O) groups is 4. The van der Waals surface area contributed by atoms with E-state index in [0.29, 0.717) is 12.0 Å². The molecule has 1 unspecified atom stereocenters. The quantitative estimate of drug-likeness (QED) is 0.316. The van der Waals surface area contributed by atoms with Crippen LogP contribution in [0.5, 0.6) is 5.75 Å². The lowest BCUT2D eigenvalue weighted by Crippen LogP contribution is -2.43. The molecule has 232 valence electrons. The summed E-state index contributed by atoms with van der Waals surface area (Å²) in [6.45, 7) is 9.22. The highest BCUT2D eigenvalue weighted by Crippen LogP contribution is 2.25. The number of esters is 1. The molecule has 0 aliphatic heterocycles. The van der Waals surface area contributed by atoms with Gasteiger partial charge in [0.1, 0.15) is 17.4 Å². The van der Waals surface area contributed by atoms with Gasteiger partial charge in [-0.05, 0) is 62.6 Å². The largest absolute Gasteiger partial charge is 0.573 e. The van der Waals surface area contributed by atoms with E-state index in [1.165, 1.54) is 19.2 Å². The first-order chi connectivity index (χ1) is 19.7. The van der Waals surface area contributed by atoms with E-state index in [0.717, 1.165) is 17.7 Å². The predicted octanol–water partition coefficient (Wildman–Crippen LogP) is 4.83. The van der Waals surface area contributed by atoms with Crippen LogP contribution in [0.2, 0.25) is 0 Å². The van der Waals surface area contributed by atoms with E-state index in [1.54, 1.807) is 45.0 Å². The maximum absolute atomic E-state index is 13.0. The Morgan fingerprint density at radius 2 is 1.45 bits per heavy atom. The summed E-state index contributed by atoms with van der Waals surface area (Å²) in [5.41, 5.74) is 0.550. The smallest absolute Gasteiger partial charge is 0.469 e. The molecule has 0 bridgehead atoms. The minimum Gasteiger partial charge on any atom is -0.469 e. The highest BCUT2D eigenvalue weighted by atomic mass is 19.4. The second kappa shape index (κ2) is 16.8. The van der Waals surface area contributed by atoms with Gasteiger partial charge >= 0.3 is 18.4 Å². The second-order valence-electron chi connectivity index (χ2n) is 9.52. The SMILES string of the molecule is CC.COC(=O)CCNC(=O)c1ccc(CCNC(=O)C(NC(=O)OC(C)(C)C)c2ccc(OC(F)(F)F)cc2)cc1. The van der Waals surface area contributed by atoms with E-state index in [9.17, 15) is 32.3 Å². The summed E-state index contributed by atoms with van der Waals surface area (Å²) in [6.07, 6.45) is -5.33. The Bertz CT molecular complexity index is 1160. The molecule has 10 nitrogen and oxygen atoms in total. The van der Waals surface area contributed by atoms with Crippen LogP contribution < -0.4 is 20.7 Å². The summed E-state index contributed by atoms with van der Waals surface area (Å²) in [6, 6.07) is 9.89. The van der Waals surface area contributed by atoms with Crippen molar-refractivity contribution in [3.8, 4) is 5.75 Å². The first-order valence-corrected chi connectivity index (χ1v) is 13.2. The van der Waals surface area contributed by atoms with Gasteiger partial charge in [-0.1, -0.05) is 38.1 Å². The van der Waals surface area contributed by atoms with Crippen molar-refractivity contribution < 1.29 is 46.6 Å². The summed E-state index contributed by atoms with van der Waals surface area (Å²) < 4.78 is 51.1. The number of nitrogens with one attached hydrogen (secondary N) is 3. The number of hydrogen-bond donors (Lipinski definition) is 3. The number of alkyl carbamates (subject to hydrolysis) is 1. The van der Waals surface area contributed by atoms with Gasteiger partial charge in [-0.15, -0.1) is 13.2 Å². The van der Waals surface area contributed by atoms with Gasteiger partial charge in [0.25, 0.3) is 5.91 Å². The van der Waals surface area contributed by atoms with Crippen LogP contribution >= 0.6 is 0 Å². The molecule has 1 atom stereocenters. The maximum atomic E-state index is 13.0. The van der Waals surface area contributed by atoms with Gasteiger partial charge in [0.05, 0.1) is 13.5 Å². The van der Waals surface area contributed by atoms with E-state index in [4.69, 9.17) is 4.74 Å². The van der Waals surface area contributed by atoms with Crippen molar-refractivity contribution in [1.29, 1.82) is 0 Å². The zero-order chi connectivity index (χ0) is 31.9. The van der Waals surface area contributed by atoms with Crippen LogP contribution in [0.4, 0.5) is 18.0 Å². The summed E-state index contributed by atoms with van der Waals surface area (Å²) >= 11 is 0. The van der Waals surface area contributed by atoms with Crippen molar-refractivity contribution in [2.24, 2.45) is 0 Å². The fraction of sp³-hybridized carbons (Fsp3) is 0.448. The lowest BCUT2D eigenvalue weighted by Gasteiger charge is -2.23. The van der Waals surface area contributed by atoms with Crippen molar-refractivity contribution >= 4 is 23.9 Å². The van der Waals surface area contributed by atoms with Gasteiger partial charge in [0.15, 0.2) is 0 Å². The topological polar surface area (TPSA) is 132 Å². The molecule has 0 aliphatic rings. The first-order valence-electron chi connectivity index (χ1n) is 13.2. The standard InChI is InChI=1S/C27H32F3N3O7.C2H6/c1-26(2,3)40-25(37)33-22(18-9-11-20(12-10-18)39-27(28,29)30)24(36)32-15-13-17-5-7-19(8-6-17)23(35)31-16-14-21(34)38-4;1-2/h5-12,22H,13-16H2,1-4H3,(H,31,35)(H,32,36)(H,33,37);1-2H3. The Labute approximate surface area is 243 Å². The Hall–Kier alpha value is -4.29. The molecule has 0 spiro atoms. The number of hydrogen-bond acceptors (Lipinski definition) is 7.